The van der Waals surface area contributed by atoms with E-state index in [0.717, 1.165) is 11.4 Å². The van der Waals surface area contributed by atoms with Crippen molar-refractivity contribution in [2.24, 2.45) is 0 Å². The summed E-state index contributed by atoms with van der Waals surface area (Å²) >= 11 is 0. The van der Waals surface area contributed by atoms with Gasteiger partial charge in [0.15, 0.2) is 0 Å². The third kappa shape index (κ3) is 3.68. The monoisotopic (exact) mass is 315 g/mol. The molecule has 23 heavy (non-hydrogen) atoms. The maximum atomic E-state index is 12.3. The molecular weight excluding hydrogens is 294 g/mol. The summed E-state index contributed by atoms with van der Waals surface area (Å²) in [6, 6.07) is 3.88. The minimum Gasteiger partial charge on any atom is -0.375 e. The molecule has 0 aromatic carbocycles. The van der Waals surface area contributed by atoms with E-state index in [1.54, 1.807) is 18.7 Å². The van der Waals surface area contributed by atoms with Crippen LogP contribution < -0.4 is 5.32 Å². The van der Waals surface area contributed by atoms with E-state index in [9.17, 15) is 4.79 Å². The van der Waals surface area contributed by atoms with Gasteiger partial charge in [0.2, 0.25) is 0 Å². The Labute approximate surface area is 135 Å². The van der Waals surface area contributed by atoms with Crippen molar-refractivity contribution in [3.8, 4) is 5.82 Å². The van der Waals surface area contributed by atoms with Crippen LogP contribution in [0.3, 0.4) is 0 Å². The van der Waals surface area contributed by atoms with Gasteiger partial charge in [0.1, 0.15) is 12.1 Å². The van der Waals surface area contributed by atoms with Crippen LogP contribution in [0, 0.1) is 0 Å². The standard InChI is InChI=1S/C16H21N5O2/c1-12-10-23-13(2)9-21(12)16(22)19-8-14-3-4-15(18-7-14)20-6-5-17-11-20/h3-7,11-13H,8-10H2,1-2H3,(H,19,22). The van der Waals surface area contributed by atoms with Gasteiger partial charge < -0.3 is 15.0 Å². The molecule has 0 aliphatic carbocycles. The predicted molar refractivity (Wildman–Crippen MR) is 85.2 cm³/mol. The van der Waals surface area contributed by atoms with E-state index in [-0.39, 0.29) is 18.2 Å². The molecule has 2 aromatic heterocycles. The number of imidazole rings is 1. The van der Waals surface area contributed by atoms with Crippen LogP contribution in [-0.4, -0.2) is 50.8 Å². The van der Waals surface area contributed by atoms with Crippen LogP contribution in [0.15, 0.2) is 37.1 Å². The molecule has 1 fully saturated rings. The topological polar surface area (TPSA) is 72.3 Å². The van der Waals surface area contributed by atoms with Gasteiger partial charge in [-0.05, 0) is 25.5 Å². The van der Waals surface area contributed by atoms with Gasteiger partial charge in [0.05, 0.1) is 18.8 Å². The number of ether oxygens (including phenoxy) is 1. The van der Waals surface area contributed by atoms with Crippen LogP contribution >= 0.6 is 0 Å². The van der Waals surface area contributed by atoms with Gasteiger partial charge in [0.25, 0.3) is 0 Å². The van der Waals surface area contributed by atoms with E-state index in [2.05, 4.69) is 15.3 Å². The molecule has 0 bridgehead atoms. The Kier molecular flexibility index (Phi) is 4.57. The second-order valence-corrected chi connectivity index (χ2v) is 5.80. The van der Waals surface area contributed by atoms with E-state index in [1.165, 1.54) is 0 Å². The Morgan fingerprint density at radius 1 is 1.43 bits per heavy atom. The summed E-state index contributed by atoms with van der Waals surface area (Å²) in [5, 5.41) is 2.95. The Morgan fingerprint density at radius 2 is 2.30 bits per heavy atom. The number of morpholine rings is 1. The molecule has 0 saturated carbocycles. The van der Waals surface area contributed by atoms with Crippen LogP contribution in [0.1, 0.15) is 19.4 Å². The van der Waals surface area contributed by atoms with E-state index >= 15 is 0 Å². The van der Waals surface area contributed by atoms with Gasteiger partial charge in [-0.3, -0.25) is 4.57 Å². The number of rotatable bonds is 3. The summed E-state index contributed by atoms with van der Waals surface area (Å²) in [7, 11) is 0. The van der Waals surface area contributed by atoms with Crippen LogP contribution in [0.5, 0.6) is 0 Å². The molecule has 1 aliphatic heterocycles. The average molecular weight is 315 g/mol. The number of hydrogen-bond donors (Lipinski definition) is 1. The maximum absolute atomic E-state index is 12.3. The van der Waals surface area contributed by atoms with E-state index in [4.69, 9.17) is 4.74 Å². The highest BCUT2D eigenvalue weighted by Crippen LogP contribution is 2.12. The molecule has 2 amide bonds. The Bertz CT molecular complexity index is 641. The molecule has 7 heteroatoms. The summed E-state index contributed by atoms with van der Waals surface area (Å²) in [6.45, 7) is 5.62. The van der Waals surface area contributed by atoms with Crippen molar-refractivity contribution >= 4 is 6.03 Å². The second kappa shape index (κ2) is 6.78. The summed E-state index contributed by atoms with van der Waals surface area (Å²) < 4.78 is 7.38. The SMILES string of the molecule is CC1CN(C(=O)NCc2ccc(-n3ccnc3)nc2)C(C)CO1. The lowest BCUT2D eigenvalue weighted by atomic mass is 10.2. The molecule has 122 valence electrons. The Balaban J connectivity index is 1.56. The first kappa shape index (κ1) is 15.5. The van der Waals surface area contributed by atoms with Crippen LogP contribution in [0.25, 0.3) is 5.82 Å². The number of amides is 2. The van der Waals surface area contributed by atoms with E-state index in [1.807, 2.05) is 41.6 Å². The second-order valence-electron chi connectivity index (χ2n) is 5.80. The van der Waals surface area contributed by atoms with Crippen molar-refractivity contribution in [2.75, 3.05) is 13.2 Å². The van der Waals surface area contributed by atoms with Crippen molar-refractivity contribution in [1.29, 1.82) is 0 Å². The smallest absolute Gasteiger partial charge is 0.318 e. The first-order valence-electron chi connectivity index (χ1n) is 7.73. The number of carbonyl (C=O) groups is 1. The molecule has 2 aromatic rings. The fraction of sp³-hybridized carbons (Fsp3) is 0.438. The Morgan fingerprint density at radius 3 is 3.00 bits per heavy atom. The van der Waals surface area contributed by atoms with E-state index < -0.39 is 0 Å². The van der Waals surface area contributed by atoms with Crippen molar-refractivity contribution in [2.45, 2.75) is 32.5 Å². The zero-order valence-electron chi connectivity index (χ0n) is 13.3. The third-order valence-electron chi connectivity index (χ3n) is 3.89. The normalized spacial score (nSPS) is 21.2. The zero-order chi connectivity index (χ0) is 16.2. The molecule has 2 atom stereocenters. The van der Waals surface area contributed by atoms with Gasteiger partial charge in [-0.1, -0.05) is 6.07 Å². The summed E-state index contributed by atoms with van der Waals surface area (Å²) in [5.41, 5.74) is 0.955. The first-order chi connectivity index (χ1) is 11.1. The van der Waals surface area contributed by atoms with Crippen LogP contribution in [0.4, 0.5) is 4.79 Å². The van der Waals surface area contributed by atoms with Gasteiger partial charge in [-0.15, -0.1) is 0 Å². The predicted octanol–water partition coefficient (Wildman–Crippen LogP) is 1.59. The quantitative estimate of drug-likeness (QED) is 0.933. The van der Waals surface area contributed by atoms with Gasteiger partial charge in [0, 0.05) is 31.7 Å². The highest BCUT2D eigenvalue weighted by atomic mass is 16.5. The molecule has 1 aliphatic rings. The number of hydrogen-bond acceptors (Lipinski definition) is 4. The molecular formula is C16H21N5O2. The lowest BCUT2D eigenvalue weighted by Gasteiger charge is -2.36. The minimum absolute atomic E-state index is 0.0636. The molecule has 2 unspecified atom stereocenters. The first-order valence-corrected chi connectivity index (χ1v) is 7.73. The van der Waals surface area contributed by atoms with Gasteiger partial charge in [-0.25, -0.2) is 14.8 Å². The molecule has 3 heterocycles. The molecule has 7 nitrogen and oxygen atoms in total. The molecule has 1 saturated heterocycles. The number of urea groups is 1. The number of nitrogens with zero attached hydrogens (tertiary/aromatic N) is 4. The Hall–Kier alpha value is -2.41. The van der Waals surface area contributed by atoms with Crippen LogP contribution in [-0.2, 0) is 11.3 Å². The number of pyridine rings is 1. The molecule has 0 spiro atoms. The average Bonchev–Trinajstić information content (AvgIpc) is 3.10. The van der Waals surface area contributed by atoms with Crippen molar-refractivity contribution in [3.63, 3.8) is 0 Å². The largest absolute Gasteiger partial charge is 0.375 e. The van der Waals surface area contributed by atoms with Crippen molar-refractivity contribution < 1.29 is 9.53 Å². The fourth-order valence-corrected chi connectivity index (χ4v) is 2.53. The highest BCUT2D eigenvalue weighted by Gasteiger charge is 2.27. The summed E-state index contributed by atoms with van der Waals surface area (Å²) in [5.74, 6) is 0.799. The van der Waals surface area contributed by atoms with E-state index in [0.29, 0.717) is 19.7 Å². The minimum atomic E-state index is -0.0636. The zero-order valence-corrected chi connectivity index (χ0v) is 13.3. The number of aromatic nitrogens is 3. The fourth-order valence-electron chi connectivity index (χ4n) is 2.53. The number of carbonyl (C=O) groups excluding carboxylic acids is 1. The summed E-state index contributed by atoms with van der Waals surface area (Å²) in [6.07, 6.45) is 7.09. The van der Waals surface area contributed by atoms with Gasteiger partial charge >= 0.3 is 6.03 Å². The molecule has 3 rings (SSSR count). The summed E-state index contributed by atoms with van der Waals surface area (Å²) in [4.78, 5) is 22.5. The van der Waals surface area contributed by atoms with Gasteiger partial charge in [-0.2, -0.15) is 0 Å². The molecule has 0 radical (unpaired) electrons. The van der Waals surface area contributed by atoms with Crippen molar-refractivity contribution in [3.05, 3.63) is 42.6 Å². The highest BCUT2D eigenvalue weighted by molar-refractivity contribution is 5.74. The lowest BCUT2D eigenvalue weighted by molar-refractivity contribution is -0.0318. The maximum Gasteiger partial charge on any atom is 0.318 e. The third-order valence-corrected chi connectivity index (χ3v) is 3.89. The molecule has 1 N–H and O–H groups in total. The van der Waals surface area contributed by atoms with Crippen LogP contribution in [0.2, 0.25) is 0 Å². The van der Waals surface area contributed by atoms with Crippen molar-refractivity contribution in [1.82, 2.24) is 24.8 Å². The number of nitrogens with one attached hydrogen (secondary N) is 1. The lowest BCUT2D eigenvalue weighted by Crippen LogP contribution is -2.53.